The van der Waals surface area contributed by atoms with Crippen LogP contribution in [-0.4, -0.2) is 22.7 Å². The van der Waals surface area contributed by atoms with Gasteiger partial charge in [-0.1, -0.05) is 82.3 Å². The van der Waals surface area contributed by atoms with E-state index in [2.05, 4.69) is 6.92 Å². The van der Waals surface area contributed by atoms with E-state index in [0.29, 0.717) is 11.3 Å². The first-order valence-corrected chi connectivity index (χ1v) is 12.8. The number of aliphatic hydroxyl groups is 1. The van der Waals surface area contributed by atoms with Gasteiger partial charge in [-0.3, -0.25) is 0 Å². The molecule has 3 aromatic rings. The fraction of sp³-hybridized carbons (Fsp3) is 0.333. The zero-order valence-corrected chi connectivity index (χ0v) is 21.4. The number of hydrogen-bond acceptors (Lipinski definition) is 4. The van der Waals surface area contributed by atoms with Crippen LogP contribution in [0, 0.1) is 0 Å². The summed E-state index contributed by atoms with van der Waals surface area (Å²) in [6.45, 7) is 4.80. The summed E-state index contributed by atoms with van der Waals surface area (Å²) in [5.74, 6) is 0.649. The summed E-state index contributed by atoms with van der Waals surface area (Å²) >= 11 is 4.82. The molecule has 3 rings (SSSR count). The van der Waals surface area contributed by atoms with Gasteiger partial charge in [-0.15, -0.1) is 0 Å². The Bertz CT molecular complexity index is 1070. The third kappa shape index (κ3) is 8.22. The second-order valence-electron chi connectivity index (χ2n) is 8.74. The monoisotopic (exact) mass is 490 g/mol. The Hall–Kier alpha value is -3.18. The lowest BCUT2D eigenvalue weighted by atomic mass is 10.0. The van der Waals surface area contributed by atoms with Crippen LogP contribution >= 0.6 is 12.2 Å². The molecular formula is C30H34O4S. The fourth-order valence-electron chi connectivity index (χ4n) is 3.75. The van der Waals surface area contributed by atoms with Crippen molar-refractivity contribution in [2.75, 3.05) is 6.61 Å². The van der Waals surface area contributed by atoms with Crippen molar-refractivity contribution in [3.05, 3.63) is 83.9 Å². The zero-order valence-electron chi connectivity index (χ0n) is 20.5. The van der Waals surface area contributed by atoms with Crippen LogP contribution in [0.1, 0.15) is 74.2 Å². The number of ether oxygens (including phenoxy) is 2. The van der Waals surface area contributed by atoms with Gasteiger partial charge >= 0.3 is 5.97 Å². The van der Waals surface area contributed by atoms with Crippen molar-refractivity contribution in [2.45, 2.75) is 58.3 Å². The maximum absolute atomic E-state index is 12.5. The molecule has 0 radical (unpaired) electrons. The molecule has 0 aromatic heterocycles. The van der Waals surface area contributed by atoms with Crippen LogP contribution in [0.3, 0.4) is 0 Å². The van der Waals surface area contributed by atoms with E-state index in [0.717, 1.165) is 35.5 Å². The molecule has 0 spiro atoms. The van der Waals surface area contributed by atoms with E-state index in [1.54, 1.807) is 36.4 Å². The smallest absolute Gasteiger partial charge is 0.343 e. The van der Waals surface area contributed by atoms with Crippen molar-refractivity contribution in [2.24, 2.45) is 0 Å². The maximum atomic E-state index is 12.5. The molecule has 5 heteroatoms. The van der Waals surface area contributed by atoms with E-state index in [-0.39, 0.29) is 11.0 Å². The third-order valence-electron chi connectivity index (χ3n) is 6.04. The number of benzene rings is 3. The summed E-state index contributed by atoms with van der Waals surface area (Å²) in [7, 11) is 0. The number of aliphatic hydroxyl groups excluding tert-OH is 1. The van der Waals surface area contributed by atoms with Crippen LogP contribution in [0.5, 0.6) is 11.5 Å². The highest BCUT2D eigenvalue weighted by Gasteiger charge is 2.12. The molecule has 3 aromatic carbocycles. The van der Waals surface area contributed by atoms with Gasteiger partial charge in [0, 0.05) is 5.92 Å². The fourth-order valence-corrected chi connectivity index (χ4v) is 3.88. The molecule has 1 N–H and O–H groups in total. The summed E-state index contributed by atoms with van der Waals surface area (Å²) in [6.07, 6.45) is 7.49. The molecular weight excluding hydrogens is 456 g/mol. The van der Waals surface area contributed by atoms with Crippen LogP contribution in [0.4, 0.5) is 0 Å². The third-order valence-corrected chi connectivity index (χ3v) is 6.39. The van der Waals surface area contributed by atoms with Gasteiger partial charge in [0.1, 0.15) is 11.5 Å². The number of esters is 1. The first kappa shape index (κ1) is 26.4. The van der Waals surface area contributed by atoms with Crippen LogP contribution in [0.25, 0.3) is 11.1 Å². The van der Waals surface area contributed by atoms with Gasteiger partial charge in [0.05, 0.1) is 12.2 Å². The van der Waals surface area contributed by atoms with Gasteiger partial charge in [-0.25, -0.2) is 4.79 Å². The van der Waals surface area contributed by atoms with Crippen LogP contribution < -0.4 is 9.47 Å². The second kappa shape index (κ2) is 13.6. The average Bonchev–Trinajstić information content (AvgIpc) is 2.88. The average molecular weight is 491 g/mol. The predicted molar refractivity (Wildman–Crippen MR) is 146 cm³/mol. The Morgan fingerprint density at radius 3 is 1.94 bits per heavy atom. The highest BCUT2D eigenvalue weighted by Crippen LogP contribution is 2.24. The van der Waals surface area contributed by atoms with Crippen molar-refractivity contribution in [1.29, 1.82) is 0 Å². The number of hydrogen-bond donors (Lipinski definition) is 1. The lowest BCUT2D eigenvalue weighted by Gasteiger charge is -2.10. The van der Waals surface area contributed by atoms with Gasteiger partial charge in [-0.2, -0.15) is 0 Å². The topological polar surface area (TPSA) is 55.8 Å². The molecule has 1 atom stereocenters. The van der Waals surface area contributed by atoms with Crippen molar-refractivity contribution in [3.8, 4) is 22.6 Å². The standard InChI is InChI=1S/C30H34O4S/c1-3-4-5-6-7-8-21-33-27-17-15-25(16-18-27)24-9-11-26(12-10-24)29(31)34-28-19-13-23(14-20-28)22(2)30(32)35/h9-20,22H,3-8,21H2,1-2H3,(H,32,35). The Kier molecular flexibility index (Phi) is 10.3. The quantitative estimate of drug-likeness (QED) is 0.113. The lowest BCUT2D eigenvalue weighted by molar-refractivity contribution is 0.0734. The molecule has 0 amide bonds. The van der Waals surface area contributed by atoms with Crippen molar-refractivity contribution in [3.63, 3.8) is 0 Å². The molecule has 0 aliphatic carbocycles. The SMILES string of the molecule is CCCCCCCCOc1ccc(-c2ccc(C(=O)Oc3ccc(C(C)C(O)=S)cc3)cc2)cc1. The molecule has 0 saturated carbocycles. The minimum atomic E-state index is -0.423. The Morgan fingerprint density at radius 2 is 1.34 bits per heavy atom. The first-order chi connectivity index (χ1) is 17.0. The highest BCUT2D eigenvalue weighted by molar-refractivity contribution is 7.80. The predicted octanol–water partition coefficient (Wildman–Crippen LogP) is 8.30. The first-order valence-electron chi connectivity index (χ1n) is 12.4. The minimum absolute atomic E-state index is 0.0647. The maximum Gasteiger partial charge on any atom is 0.343 e. The molecule has 184 valence electrons. The van der Waals surface area contributed by atoms with E-state index in [1.165, 1.54) is 32.1 Å². The van der Waals surface area contributed by atoms with Crippen LogP contribution in [0.2, 0.25) is 0 Å². The van der Waals surface area contributed by atoms with Crippen LogP contribution in [-0.2, 0) is 0 Å². The Balaban J connectivity index is 1.50. The molecule has 0 heterocycles. The van der Waals surface area contributed by atoms with Gasteiger partial charge < -0.3 is 14.6 Å². The number of unbranched alkanes of at least 4 members (excludes halogenated alkanes) is 5. The van der Waals surface area contributed by atoms with Gasteiger partial charge in [0.15, 0.2) is 5.05 Å². The molecule has 0 bridgehead atoms. The normalized spacial score (nSPS) is 11.6. The Morgan fingerprint density at radius 1 is 0.800 bits per heavy atom. The van der Waals surface area contributed by atoms with Crippen molar-refractivity contribution < 1.29 is 19.4 Å². The zero-order chi connectivity index (χ0) is 25.0. The molecule has 4 nitrogen and oxygen atoms in total. The number of rotatable bonds is 13. The largest absolute Gasteiger partial charge is 0.502 e. The highest BCUT2D eigenvalue weighted by atomic mass is 32.1. The second-order valence-corrected chi connectivity index (χ2v) is 9.15. The summed E-state index contributed by atoms with van der Waals surface area (Å²) in [5, 5.41) is 9.41. The van der Waals surface area contributed by atoms with E-state index in [4.69, 9.17) is 21.7 Å². The molecule has 1 unspecified atom stereocenters. The van der Waals surface area contributed by atoms with Crippen molar-refractivity contribution >= 4 is 23.2 Å². The molecule has 0 aliphatic heterocycles. The van der Waals surface area contributed by atoms with Gasteiger partial charge in [0.25, 0.3) is 0 Å². The summed E-state index contributed by atoms with van der Waals surface area (Å²) in [4.78, 5) is 12.5. The number of thiocarbonyl (C=S) groups is 1. The van der Waals surface area contributed by atoms with E-state index in [9.17, 15) is 9.90 Å². The molecule has 0 fully saturated rings. The molecule has 0 saturated heterocycles. The number of carbonyl (C=O) groups is 1. The molecule has 0 aliphatic rings. The minimum Gasteiger partial charge on any atom is -0.502 e. The molecule has 35 heavy (non-hydrogen) atoms. The number of carbonyl (C=O) groups excluding carboxylic acids is 1. The summed E-state index contributed by atoms with van der Waals surface area (Å²) in [5.41, 5.74) is 3.41. The van der Waals surface area contributed by atoms with Gasteiger partial charge in [0.2, 0.25) is 0 Å². The Labute approximate surface area is 213 Å². The van der Waals surface area contributed by atoms with E-state index < -0.39 is 5.97 Å². The van der Waals surface area contributed by atoms with E-state index >= 15 is 0 Å². The van der Waals surface area contributed by atoms with Crippen LogP contribution in [0.15, 0.2) is 72.8 Å². The van der Waals surface area contributed by atoms with E-state index in [1.807, 2.05) is 43.3 Å². The summed E-state index contributed by atoms with van der Waals surface area (Å²) < 4.78 is 11.3. The summed E-state index contributed by atoms with van der Waals surface area (Å²) in [6, 6.07) is 22.4. The lowest BCUT2D eigenvalue weighted by Crippen LogP contribution is -2.09. The van der Waals surface area contributed by atoms with Crippen molar-refractivity contribution in [1.82, 2.24) is 0 Å². The van der Waals surface area contributed by atoms with Gasteiger partial charge in [-0.05, 0) is 71.7 Å².